The Morgan fingerprint density at radius 2 is 1.95 bits per heavy atom. The third-order valence-corrected chi connectivity index (χ3v) is 2.85. The number of carbonyl (C=O) groups is 1. The van der Waals surface area contributed by atoms with E-state index in [1.807, 2.05) is 0 Å². The number of anilines is 1. The minimum absolute atomic E-state index is 0.0216. The SMILES string of the molecule is N#Cc1cccc(CNc2ccc(C(N)=O)cc2)c1F. The van der Waals surface area contributed by atoms with Gasteiger partial charge in [0.2, 0.25) is 5.91 Å². The number of nitrogens with one attached hydrogen (secondary N) is 1. The second-order valence-electron chi connectivity index (χ2n) is 4.19. The molecular weight excluding hydrogens is 257 g/mol. The average Bonchev–Trinajstić information content (AvgIpc) is 2.46. The monoisotopic (exact) mass is 269 g/mol. The highest BCUT2D eigenvalue weighted by Crippen LogP contribution is 2.15. The van der Waals surface area contributed by atoms with E-state index < -0.39 is 11.7 Å². The average molecular weight is 269 g/mol. The van der Waals surface area contributed by atoms with Crippen LogP contribution in [0.1, 0.15) is 21.5 Å². The molecule has 100 valence electrons. The van der Waals surface area contributed by atoms with Crippen molar-refractivity contribution in [1.29, 1.82) is 5.26 Å². The van der Waals surface area contributed by atoms with Gasteiger partial charge in [-0.05, 0) is 30.3 Å². The van der Waals surface area contributed by atoms with Gasteiger partial charge in [0.1, 0.15) is 11.9 Å². The van der Waals surface area contributed by atoms with E-state index in [1.54, 1.807) is 42.5 Å². The van der Waals surface area contributed by atoms with Crippen molar-refractivity contribution in [2.24, 2.45) is 5.73 Å². The first-order valence-corrected chi connectivity index (χ1v) is 5.93. The Balaban J connectivity index is 2.09. The van der Waals surface area contributed by atoms with Crippen LogP contribution in [0.4, 0.5) is 10.1 Å². The van der Waals surface area contributed by atoms with Gasteiger partial charge in [0, 0.05) is 23.4 Å². The molecule has 0 spiro atoms. The molecule has 2 aromatic rings. The number of nitriles is 1. The summed E-state index contributed by atoms with van der Waals surface area (Å²) in [5.74, 6) is -1.01. The van der Waals surface area contributed by atoms with Crippen molar-refractivity contribution < 1.29 is 9.18 Å². The van der Waals surface area contributed by atoms with Gasteiger partial charge >= 0.3 is 0 Å². The largest absolute Gasteiger partial charge is 0.381 e. The summed E-state index contributed by atoms with van der Waals surface area (Å²) < 4.78 is 13.8. The van der Waals surface area contributed by atoms with E-state index in [1.165, 1.54) is 6.07 Å². The lowest BCUT2D eigenvalue weighted by Gasteiger charge is -2.08. The van der Waals surface area contributed by atoms with Crippen LogP contribution in [0.3, 0.4) is 0 Å². The molecule has 0 heterocycles. The third kappa shape index (κ3) is 2.93. The number of hydrogen-bond acceptors (Lipinski definition) is 3. The molecule has 2 aromatic carbocycles. The van der Waals surface area contributed by atoms with Crippen LogP contribution in [0.15, 0.2) is 42.5 Å². The van der Waals surface area contributed by atoms with Gasteiger partial charge in [-0.1, -0.05) is 12.1 Å². The van der Waals surface area contributed by atoms with Crippen molar-refractivity contribution in [2.45, 2.75) is 6.54 Å². The predicted molar refractivity (Wildman–Crippen MR) is 73.4 cm³/mol. The molecular formula is C15H12FN3O. The molecule has 0 bridgehead atoms. The van der Waals surface area contributed by atoms with Crippen molar-refractivity contribution in [3.8, 4) is 6.07 Å². The third-order valence-electron chi connectivity index (χ3n) is 2.85. The molecule has 0 aliphatic rings. The predicted octanol–water partition coefficient (Wildman–Crippen LogP) is 2.41. The highest BCUT2D eigenvalue weighted by molar-refractivity contribution is 5.93. The lowest BCUT2D eigenvalue weighted by atomic mass is 10.1. The summed E-state index contributed by atoms with van der Waals surface area (Å²) >= 11 is 0. The number of halogens is 1. The van der Waals surface area contributed by atoms with Gasteiger partial charge in [0.05, 0.1) is 5.56 Å². The minimum Gasteiger partial charge on any atom is -0.381 e. The van der Waals surface area contributed by atoms with Crippen molar-refractivity contribution in [1.82, 2.24) is 0 Å². The Labute approximate surface area is 115 Å². The lowest BCUT2D eigenvalue weighted by molar-refractivity contribution is 0.100. The van der Waals surface area contributed by atoms with Crippen molar-refractivity contribution in [2.75, 3.05) is 5.32 Å². The van der Waals surface area contributed by atoms with E-state index in [-0.39, 0.29) is 12.1 Å². The van der Waals surface area contributed by atoms with Gasteiger partial charge in [0.15, 0.2) is 0 Å². The Bertz CT molecular complexity index is 675. The molecule has 1 amide bonds. The van der Waals surface area contributed by atoms with Crippen LogP contribution in [-0.2, 0) is 6.54 Å². The van der Waals surface area contributed by atoms with E-state index in [9.17, 15) is 9.18 Å². The number of primary amides is 1. The van der Waals surface area contributed by atoms with Gasteiger partial charge in [-0.15, -0.1) is 0 Å². The maximum absolute atomic E-state index is 13.8. The second kappa shape index (κ2) is 5.85. The minimum atomic E-state index is -0.517. The molecule has 20 heavy (non-hydrogen) atoms. The van der Waals surface area contributed by atoms with Crippen LogP contribution in [0.2, 0.25) is 0 Å². The summed E-state index contributed by atoms with van der Waals surface area (Å²) in [7, 11) is 0. The summed E-state index contributed by atoms with van der Waals surface area (Å²) in [4.78, 5) is 10.9. The Morgan fingerprint density at radius 1 is 1.25 bits per heavy atom. The van der Waals surface area contributed by atoms with Crippen LogP contribution in [0.25, 0.3) is 0 Å². The molecule has 0 aliphatic heterocycles. The maximum Gasteiger partial charge on any atom is 0.248 e. The molecule has 0 atom stereocenters. The van der Waals surface area contributed by atoms with Crippen LogP contribution in [0.5, 0.6) is 0 Å². The fourth-order valence-corrected chi connectivity index (χ4v) is 1.75. The molecule has 3 N–H and O–H groups in total. The van der Waals surface area contributed by atoms with Crippen LogP contribution >= 0.6 is 0 Å². The van der Waals surface area contributed by atoms with Crippen LogP contribution in [0, 0.1) is 17.1 Å². The van der Waals surface area contributed by atoms with Crippen molar-refractivity contribution in [3.05, 3.63) is 65.0 Å². The first kappa shape index (κ1) is 13.6. The Morgan fingerprint density at radius 3 is 2.55 bits per heavy atom. The summed E-state index contributed by atoms with van der Waals surface area (Å²) in [6, 6.07) is 13.0. The highest BCUT2D eigenvalue weighted by Gasteiger charge is 2.07. The fraction of sp³-hybridized carbons (Fsp3) is 0.0667. The van der Waals surface area contributed by atoms with Crippen LogP contribution in [-0.4, -0.2) is 5.91 Å². The lowest BCUT2D eigenvalue weighted by Crippen LogP contribution is -2.10. The number of carbonyl (C=O) groups excluding carboxylic acids is 1. The number of hydrogen-bond donors (Lipinski definition) is 2. The Hall–Kier alpha value is -2.87. The standard InChI is InChI=1S/C15H12FN3O/c16-14-11(8-17)2-1-3-12(14)9-19-13-6-4-10(5-7-13)15(18)20/h1-7,19H,9H2,(H2,18,20). The van der Waals surface area contributed by atoms with Crippen molar-refractivity contribution in [3.63, 3.8) is 0 Å². The zero-order chi connectivity index (χ0) is 14.5. The zero-order valence-electron chi connectivity index (χ0n) is 10.6. The van der Waals surface area contributed by atoms with E-state index in [4.69, 9.17) is 11.0 Å². The maximum atomic E-state index is 13.8. The fourth-order valence-electron chi connectivity index (χ4n) is 1.75. The normalized spacial score (nSPS) is 9.80. The first-order valence-electron chi connectivity index (χ1n) is 5.93. The van der Waals surface area contributed by atoms with Gasteiger partial charge in [-0.25, -0.2) is 4.39 Å². The van der Waals surface area contributed by atoms with E-state index in [0.29, 0.717) is 11.1 Å². The summed E-state index contributed by atoms with van der Waals surface area (Å²) in [5.41, 5.74) is 6.71. The number of benzene rings is 2. The first-order chi connectivity index (χ1) is 9.61. The second-order valence-corrected chi connectivity index (χ2v) is 4.19. The van der Waals surface area contributed by atoms with E-state index >= 15 is 0 Å². The quantitative estimate of drug-likeness (QED) is 0.894. The zero-order valence-corrected chi connectivity index (χ0v) is 10.6. The number of nitrogens with two attached hydrogens (primary N) is 1. The molecule has 4 nitrogen and oxygen atoms in total. The topological polar surface area (TPSA) is 78.9 Å². The number of rotatable bonds is 4. The molecule has 2 rings (SSSR count). The van der Waals surface area contributed by atoms with E-state index in [2.05, 4.69) is 5.32 Å². The summed E-state index contributed by atoms with van der Waals surface area (Å²) in [6.45, 7) is 0.247. The Kier molecular flexibility index (Phi) is 3.96. The molecule has 0 radical (unpaired) electrons. The highest BCUT2D eigenvalue weighted by atomic mass is 19.1. The number of amides is 1. The molecule has 0 aromatic heterocycles. The molecule has 0 aliphatic carbocycles. The smallest absolute Gasteiger partial charge is 0.248 e. The molecule has 0 fully saturated rings. The van der Waals surface area contributed by atoms with Crippen molar-refractivity contribution >= 4 is 11.6 Å². The van der Waals surface area contributed by atoms with Gasteiger partial charge in [-0.2, -0.15) is 5.26 Å². The van der Waals surface area contributed by atoms with E-state index in [0.717, 1.165) is 5.69 Å². The van der Waals surface area contributed by atoms with Gasteiger partial charge < -0.3 is 11.1 Å². The molecule has 0 saturated heterocycles. The van der Waals surface area contributed by atoms with Gasteiger partial charge in [0.25, 0.3) is 0 Å². The molecule has 0 saturated carbocycles. The summed E-state index contributed by atoms with van der Waals surface area (Å²) in [6.07, 6.45) is 0. The molecule has 0 unspecified atom stereocenters. The van der Waals surface area contributed by atoms with Gasteiger partial charge in [-0.3, -0.25) is 4.79 Å². The summed E-state index contributed by atoms with van der Waals surface area (Å²) in [5, 5.41) is 11.8. The van der Waals surface area contributed by atoms with Crippen LogP contribution < -0.4 is 11.1 Å². The molecule has 5 heteroatoms. The number of nitrogens with zero attached hydrogens (tertiary/aromatic N) is 1.